The maximum Gasteiger partial charge on any atom is 0.261 e. The van der Waals surface area contributed by atoms with Crippen LogP contribution in [0.1, 0.15) is 12.0 Å². The van der Waals surface area contributed by atoms with E-state index in [1.807, 2.05) is 18.2 Å². The first kappa shape index (κ1) is 23.5. The summed E-state index contributed by atoms with van der Waals surface area (Å²) in [7, 11) is 0. The van der Waals surface area contributed by atoms with E-state index in [2.05, 4.69) is 35.1 Å². The summed E-state index contributed by atoms with van der Waals surface area (Å²) in [5, 5.41) is 7.54. The molecule has 5 aromatic heterocycles. The van der Waals surface area contributed by atoms with Crippen molar-refractivity contribution in [2.45, 2.75) is 18.9 Å². The predicted octanol–water partition coefficient (Wildman–Crippen LogP) is 5.61. The van der Waals surface area contributed by atoms with Gasteiger partial charge in [-0.15, -0.1) is 0 Å². The number of imidazole rings is 1. The molecule has 0 aliphatic carbocycles. The fraction of sp³-hybridized carbons (Fsp3) is 0.179. The van der Waals surface area contributed by atoms with Crippen molar-refractivity contribution in [1.29, 1.82) is 0 Å². The molecule has 1 aromatic carbocycles. The number of rotatable bonds is 5. The largest absolute Gasteiger partial charge is 0.335 e. The lowest BCUT2D eigenvalue weighted by Gasteiger charge is -2.16. The van der Waals surface area contributed by atoms with E-state index >= 15 is 4.39 Å². The fourth-order valence-electron chi connectivity index (χ4n) is 5.18. The molecule has 1 saturated heterocycles. The van der Waals surface area contributed by atoms with Crippen LogP contribution in [0, 0.1) is 5.82 Å². The minimum Gasteiger partial charge on any atom is -0.335 e. The standard InChI is InChI=1S/C28H21F3N8/c29-23-19(18-11-16(12-33-13-18)14-39-10-6-28(30,31)15-39)1-2-21-22(23)25(38-37-21)27-35-24-20(5-9-34-26(24)36-27)17-3-7-32-8-4-17/h1-5,7-9,11-13H,6,10,14-15H2,(H,37,38)(H,34,35,36). The molecule has 2 N–H and O–H groups in total. The van der Waals surface area contributed by atoms with Crippen LogP contribution in [-0.4, -0.2) is 59.0 Å². The number of alkyl halides is 2. The van der Waals surface area contributed by atoms with Crippen LogP contribution in [0.4, 0.5) is 13.2 Å². The number of aromatic nitrogens is 7. The van der Waals surface area contributed by atoms with E-state index < -0.39 is 11.7 Å². The zero-order chi connectivity index (χ0) is 26.6. The first-order valence-electron chi connectivity index (χ1n) is 12.4. The van der Waals surface area contributed by atoms with E-state index in [1.165, 1.54) is 0 Å². The van der Waals surface area contributed by atoms with Gasteiger partial charge in [0.2, 0.25) is 0 Å². The van der Waals surface area contributed by atoms with Gasteiger partial charge in [-0.3, -0.25) is 20.0 Å². The molecule has 7 rings (SSSR count). The van der Waals surface area contributed by atoms with E-state index in [1.54, 1.807) is 54.1 Å². The van der Waals surface area contributed by atoms with Crippen molar-refractivity contribution < 1.29 is 13.2 Å². The lowest BCUT2D eigenvalue weighted by Crippen LogP contribution is -2.24. The maximum absolute atomic E-state index is 16.1. The maximum atomic E-state index is 16.1. The van der Waals surface area contributed by atoms with Crippen LogP contribution in [0.25, 0.3) is 55.8 Å². The van der Waals surface area contributed by atoms with E-state index in [4.69, 9.17) is 0 Å². The van der Waals surface area contributed by atoms with Crippen molar-refractivity contribution in [3.8, 4) is 33.8 Å². The number of nitrogens with one attached hydrogen (secondary N) is 2. The highest BCUT2D eigenvalue weighted by atomic mass is 19.3. The molecular weight excluding hydrogens is 505 g/mol. The van der Waals surface area contributed by atoms with Crippen LogP contribution in [0.15, 0.2) is 67.4 Å². The number of H-pyrrole nitrogens is 2. The van der Waals surface area contributed by atoms with Gasteiger partial charge in [-0.05, 0) is 47.5 Å². The molecule has 0 amide bonds. The van der Waals surface area contributed by atoms with Gasteiger partial charge in [-0.2, -0.15) is 5.10 Å². The Balaban J connectivity index is 1.28. The van der Waals surface area contributed by atoms with Crippen LogP contribution < -0.4 is 0 Å². The minimum atomic E-state index is -2.68. The molecule has 39 heavy (non-hydrogen) atoms. The highest BCUT2D eigenvalue weighted by Crippen LogP contribution is 2.35. The third-order valence-corrected chi connectivity index (χ3v) is 7.04. The molecule has 0 atom stereocenters. The van der Waals surface area contributed by atoms with Crippen LogP contribution in [0.2, 0.25) is 0 Å². The molecular formula is C28H21F3N8. The van der Waals surface area contributed by atoms with Gasteiger partial charge in [0.15, 0.2) is 11.5 Å². The molecule has 6 heterocycles. The number of hydrogen-bond acceptors (Lipinski definition) is 6. The third-order valence-electron chi connectivity index (χ3n) is 7.04. The van der Waals surface area contributed by atoms with Crippen molar-refractivity contribution in [2.24, 2.45) is 0 Å². The monoisotopic (exact) mass is 526 g/mol. The van der Waals surface area contributed by atoms with Crippen molar-refractivity contribution in [3.05, 3.63) is 78.8 Å². The SMILES string of the molecule is Fc1c(-c2cncc(CN3CCC(F)(F)C3)c2)ccc2[nH]nc(-c3nc4nccc(-c5ccncc5)c4[nH]3)c12. The molecule has 11 heteroatoms. The second kappa shape index (κ2) is 8.98. The Morgan fingerprint density at radius 3 is 2.64 bits per heavy atom. The second-order valence-electron chi connectivity index (χ2n) is 9.70. The molecule has 0 saturated carbocycles. The number of aromatic amines is 2. The van der Waals surface area contributed by atoms with Gasteiger partial charge >= 0.3 is 0 Å². The molecule has 194 valence electrons. The Kier molecular flexibility index (Phi) is 5.41. The van der Waals surface area contributed by atoms with E-state index in [0.717, 1.165) is 16.7 Å². The van der Waals surface area contributed by atoms with E-state index in [-0.39, 0.29) is 18.4 Å². The Morgan fingerprint density at radius 1 is 0.949 bits per heavy atom. The zero-order valence-corrected chi connectivity index (χ0v) is 20.5. The van der Waals surface area contributed by atoms with Gasteiger partial charge in [0.1, 0.15) is 11.5 Å². The fourth-order valence-corrected chi connectivity index (χ4v) is 5.18. The number of benzene rings is 1. The average Bonchev–Trinajstić information content (AvgIpc) is 3.65. The molecule has 1 aliphatic rings. The summed E-state index contributed by atoms with van der Waals surface area (Å²) in [5.74, 6) is -2.78. The number of hydrogen-bond donors (Lipinski definition) is 2. The van der Waals surface area contributed by atoms with Gasteiger partial charge < -0.3 is 4.98 Å². The molecule has 6 aromatic rings. The minimum absolute atomic E-state index is 0.157. The van der Waals surface area contributed by atoms with Gasteiger partial charge in [-0.25, -0.2) is 23.1 Å². The van der Waals surface area contributed by atoms with E-state index in [9.17, 15) is 8.78 Å². The highest BCUT2D eigenvalue weighted by Gasteiger charge is 2.38. The van der Waals surface area contributed by atoms with Crippen LogP contribution >= 0.6 is 0 Å². The number of pyridine rings is 3. The Morgan fingerprint density at radius 2 is 1.82 bits per heavy atom. The summed E-state index contributed by atoms with van der Waals surface area (Å²) in [6.45, 7) is 0.347. The van der Waals surface area contributed by atoms with Gasteiger partial charge in [0.05, 0.1) is 23.0 Å². The van der Waals surface area contributed by atoms with Gasteiger partial charge in [-0.1, -0.05) is 0 Å². The lowest BCUT2D eigenvalue weighted by molar-refractivity contribution is 0.0115. The van der Waals surface area contributed by atoms with Crippen molar-refractivity contribution in [1.82, 2.24) is 40.0 Å². The molecule has 0 unspecified atom stereocenters. The average molecular weight is 527 g/mol. The summed E-state index contributed by atoms with van der Waals surface area (Å²) in [4.78, 5) is 22.3. The summed E-state index contributed by atoms with van der Waals surface area (Å²) in [5.41, 5.74) is 5.48. The first-order chi connectivity index (χ1) is 18.9. The molecule has 0 radical (unpaired) electrons. The topological polar surface area (TPSA) is 99.3 Å². The Labute approximate surface area is 220 Å². The lowest BCUT2D eigenvalue weighted by atomic mass is 10.0. The van der Waals surface area contributed by atoms with Crippen LogP contribution in [0.5, 0.6) is 0 Å². The second-order valence-corrected chi connectivity index (χ2v) is 9.70. The summed E-state index contributed by atoms with van der Waals surface area (Å²) >= 11 is 0. The smallest absolute Gasteiger partial charge is 0.261 e. The molecule has 1 aliphatic heterocycles. The number of nitrogens with zero attached hydrogens (tertiary/aromatic N) is 6. The first-order valence-corrected chi connectivity index (χ1v) is 12.4. The Hall–Kier alpha value is -4.64. The molecule has 8 nitrogen and oxygen atoms in total. The van der Waals surface area contributed by atoms with Gasteiger partial charge in [0.25, 0.3) is 5.92 Å². The van der Waals surface area contributed by atoms with Crippen LogP contribution in [0.3, 0.4) is 0 Å². The normalized spacial score (nSPS) is 15.5. The quantitative estimate of drug-likeness (QED) is 0.303. The number of halogens is 3. The molecule has 0 spiro atoms. The molecule has 0 bridgehead atoms. The predicted molar refractivity (Wildman–Crippen MR) is 140 cm³/mol. The van der Waals surface area contributed by atoms with Crippen molar-refractivity contribution >= 4 is 22.1 Å². The van der Waals surface area contributed by atoms with Crippen molar-refractivity contribution in [3.63, 3.8) is 0 Å². The molecule has 1 fully saturated rings. The number of fused-ring (bicyclic) bond motifs is 2. The highest BCUT2D eigenvalue weighted by molar-refractivity contribution is 5.98. The third kappa shape index (κ3) is 4.20. The number of likely N-dealkylation sites (tertiary alicyclic amines) is 1. The van der Waals surface area contributed by atoms with Gasteiger partial charge in [0, 0.05) is 67.2 Å². The summed E-state index contributed by atoms with van der Waals surface area (Å²) < 4.78 is 43.4. The van der Waals surface area contributed by atoms with E-state index in [0.29, 0.717) is 52.4 Å². The summed E-state index contributed by atoms with van der Waals surface area (Å²) in [6.07, 6.45) is 8.13. The Bertz CT molecular complexity index is 1830. The van der Waals surface area contributed by atoms with Crippen molar-refractivity contribution in [2.75, 3.05) is 13.1 Å². The summed E-state index contributed by atoms with van der Waals surface area (Å²) in [6, 6.07) is 10.9. The zero-order valence-electron chi connectivity index (χ0n) is 20.5. The van der Waals surface area contributed by atoms with Crippen LogP contribution in [-0.2, 0) is 6.54 Å².